The minimum absolute atomic E-state index is 0.0261. The number of phenolic OH excluding ortho intramolecular Hbond substituents is 1. The number of hydrogen-bond donors (Lipinski definition) is 3. The second kappa shape index (κ2) is 7.73. The standard InChI is InChI=1S/C21H21F3N4O2/c1-28-10-13(9-14(29)11-28)25-20-16-5-3-2-4-15(16)19(26-27-20)17-7-6-12(8-18(17)30)21(22,23)24/h2-8,13-14,29-30H,9-11H2,1H3,(H,25,27)/t13?,14-/m1/s1. The van der Waals surface area contributed by atoms with Crippen LogP contribution >= 0.6 is 0 Å². The molecular weight excluding hydrogens is 397 g/mol. The van der Waals surface area contributed by atoms with Crippen molar-refractivity contribution in [3.05, 3.63) is 48.0 Å². The van der Waals surface area contributed by atoms with E-state index in [9.17, 15) is 23.4 Å². The van der Waals surface area contributed by atoms with Gasteiger partial charge in [0.2, 0.25) is 0 Å². The van der Waals surface area contributed by atoms with Crippen LogP contribution in [-0.4, -0.2) is 57.6 Å². The Hall–Kier alpha value is -2.91. The van der Waals surface area contributed by atoms with Crippen LogP contribution in [-0.2, 0) is 6.18 Å². The Kier molecular flexibility index (Phi) is 5.25. The molecule has 30 heavy (non-hydrogen) atoms. The highest BCUT2D eigenvalue weighted by molar-refractivity contribution is 6.00. The summed E-state index contributed by atoms with van der Waals surface area (Å²) in [4.78, 5) is 2.02. The fourth-order valence-corrected chi connectivity index (χ4v) is 3.90. The number of benzene rings is 2. The number of aliphatic hydroxyl groups excluding tert-OH is 1. The smallest absolute Gasteiger partial charge is 0.416 e. The molecular formula is C21H21F3N4O2. The minimum Gasteiger partial charge on any atom is -0.507 e. The third-order valence-corrected chi connectivity index (χ3v) is 5.22. The van der Waals surface area contributed by atoms with Gasteiger partial charge in [-0.25, -0.2) is 0 Å². The van der Waals surface area contributed by atoms with E-state index >= 15 is 0 Å². The summed E-state index contributed by atoms with van der Waals surface area (Å²) in [6, 6.07) is 10.0. The molecule has 0 aliphatic carbocycles. The molecule has 1 fully saturated rings. The predicted molar refractivity (Wildman–Crippen MR) is 107 cm³/mol. The van der Waals surface area contributed by atoms with Gasteiger partial charge < -0.3 is 20.4 Å². The molecule has 3 N–H and O–H groups in total. The van der Waals surface area contributed by atoms with Crippen molar-refractivity contribution >= 4 is 16.6 Å². The van der Waals surface area contributed by atoms with Gasteiger partial charge >= 0.3 is 6.18 Å². The lowest BCUT2D eigenvalue weighted by Gasteiger charge is -2.33. The summed E-state index contributed by atoms with van der Waals surface area (Å²) in [7, 11) is 1.93. The van der Waals surface area contributed by atoms with Crippen molar-refractivity contribution in [2.45, 2.75) is 24.7 Å². The molecule has 1 saturated heterocycles. The molecule has 1 aromatic heterocycles. The maximum absolute atomic E-state index is 12.9. The van der Waals surface area contributed by atoms with Gasteiger partial charge in [-0.2, -0.15) is 13.2 Å². The Labute approximate surface area is 171 Å². The number of aliphatic hydroxyl groups is 1. The van der Waals surface area contributed by atoms with Gasteiger partial charge in [0, 0.05) is 35.5 Å². The summed E-state index contributed by atoms with van der Waals surface area (Å²) in [6.07, 6.45) is -4.42. The number of halogens is 3. The summed E-state index contributed by atoms with van der Waals surface area (Å²) >= 11 is 0. The molecule has 158 valence electrons. The Morgan fingerprint density at radius 1 is 1.07 bits per heavy atom. The number of likely N-dealkylation sites (N-methyl/N-ethyl adjacent to an activating group) is 1. The highest BCUT2D eigenvalue weighted by atomic mass is 19.4. The van der Waals surface area contributed by atoms with E-state index in [1.165, 1.54) is 6.07 Å². The van der Waals surface area contributed by atoms with E-state index in [0.29, 0.717) is 35.9 Å². The van der Waals surface area contributed by atoms with E-state index in [1.807, 2.05) is 24.1 Å². The van der Waals surface area contributed by atoms with Crippen molar-refractivity contribution in [2.24, 2.45) is 0 Å². The SMILES string of the molecule is CN1CC(Nc2nnc(-c3ccc(C(F)(F)F)cc3O)c3ccccc23)C[C@@H](O)C1. The Bertz CT molecular complexity index is 1060. The van der Waals surface area contributed by atoms with E-state index in [1.54, 1.807) is 12.1 Å². The molecule has 1 unspecified atom stereocenters. The van der Waals surface area contributed by atoms with Gasteiger partial charge in [-0.3, -0.25) is 0 Å². The second-order valence-corrected chi connectivity index (χ2v) is 7.62. The minimum atomic E-state index is -4.55. The first-order valence-corrected chi connectivity index (χ1v) is 9.51. The average molecular weight is 418 g/mol. The van der Waals surface area contributed by atoms with Crippen molar-refractivity contribution in [1.29, 1.82) is 0 Å². The van der Waals surface area contributed by atoms with E-state index < -0.39 is 23.6 Å². The van der Waals surface area contributed by atoms with Crippen LogP contribution in [0.15, 0.2) is 42.5 Å². The first-order valence-electron chi connectivity index (χ1n) is 9.51. The summed E-state index contributed by atoms with van der Waals surface area (Å²) in [6.45, 7) is 1.34. The number of likely N-dealkylation sites (tertiary alicyclic amines) is 1. The van der Waals surface area contributed by atoms with Crippen LogP contribution in [0.1, 0.15) is 12.0 Å². The topological polar surface area (TPSA) is 81.5 Å². The Morgan fingerprint density at radius 3 is 2.47 bits per heavy atom. The van der Waals surface area contributed by atoms with Crippen LogP contribution in [0.25, 0.3) is 22.0 Å². The van der Waals surface area contributed by atoms with Gasteiger partial charge in [0.25, 0.3) is 0 Å². The van der Waals surface area contributed by atoms with Crippen LogP contribution in [0, 0.1) is 0 Å². The number of piperidine rings is 1. The summed E-state index contributed by atoms with van der Waals surface area (Å²) in [5, 5.41) is 33.4. The van der Waals surface area contributed by atoms with Crippen LogP contribution in [0.2, 0.25) is 0 Å². The number of alkyl halides is 3. The molecule has 3 aromatic rings. The molecule has 0 radical (unpaired) electrons. The number of fused-ring (bicyclic) bond motifs is 1. The molecule has 4 rings (SSSR count). The van der Waals surface area contributed by atoms with Gasteiger partial charge in [0.05, 0.1) is 11.7 Å². The number of aromatic hydroxyl groups is 1. The molecule has 0 amide bonds. The third kappa shape index (κ3) is 4.03. The molecule has 0 saturated carbocycles. The van der Waals surface area contributed by atoms with Gasteiger partial charge in [-0.15, -0.1) is 10.2 Å². The first-order chi connectivity index (χ1) is 14.2. The van der Waals surface area contributed by atoms with Crippen molar-refractivity contribution in [3.8, 4) is 17.0 Å². The Balaban J connectivity index is 1.73. The quantitative estimate of drug-likeness (QED) is 0.604. The maximum atomic E-state index is 12.9. The highest BCUT2D eigenvalue weighted by Crippen LogP contribution is 2.38. The normalized spacial score (nSPS) is 20.4. The number of rotatable bonds is 3. The zero-order valence-corrected chi connectivity index (χ0v) is 16.2. The lowest BCUT2D eigenvalue weighted by atomic mass is 10.0. The van der Waals surface area contributed by atoms with E-state index in [4.69, 9.17) is 0 Å². The number of anilines is 1. The van der Waals surface area contributed by atoms with E-state index in [0.717, 1.165) is 18.0 Å². The number of phenols is 1. The number of nitrogens with one attached hydrogen (secondary N) is 1. The average Bonchev–Trinajstić information content (AvgIpc) is 2.67. The van der Waals surface area contributed by atoms with Gasteiger partial charge in [-0.1, -0.05) is 24.3 Å². The van der Waals surface area contributed by atoms with Crippen molar-refractivity contribution in [1.82, 2.24) is 15.1 Å². The molecule has 0 spiro atoms. The lowest BCUT2D eigenvalue weighted by molar-refractivity contribution is -0.137. The fraction of sp³-hybridized carbons (Fsp3) is 0.333. The molecule has 2 atom stereocenters. The van der Waals surface area contributed by atoms with Gasteiger partial charge in [0.1, 0.15) is 11.4 Å². The van der Waals surface area contributed by atoms with Crippen LogP contribution in [0.4, 0.5) is 19.0 Å². The van der Waals surface area contributed by atoms with Gasteiger partial charge in [0.15, 0.2) is 5.82 Å². The molecule has 1 aliphatic rings. The van der Waals surface area contributed by atoms with E-state index in [-0.39, 0.29) is 11.6 Å². The number of nitrogens with zero attached hydrogens (tertiary/aromatic N) is 3. The zero-order chi connectivity index (χ0) is 21.5. The monoisotopic (exact) mass is 418 g/mol. The van der Waals surface area contributed by atoms with Crippen LogP contribution in [0.3, 0.4) is 0 Å². The van der Waals surface area contributed by atoms with Crippen molar-refractivity contribution in [3.63, 3.8) is 0 Å². The summed E-state index contributed by atoms with van der Waals surface area (Å²) in [5.74, 6) is 0.00951. The molecule has 2 aromatic carbocycles. The fourth-order valence-electron chi connectivity index (χ4n) is 3.90. The zero-order valence-electron chi connectivity index (χ0n) is 16.2. The summed E-state index contributed by atoms with van der Waals surface area (Å²) < 4.78 is 38.8. The number of hydrogen-bond acceptors (Lipinski definition) is 6. The molecule has 6 nitrogen and oxygen atoms in total. The number of β-amino-alcohol motifs (C(OH)–C–C–N with tert-alkyl or cyclic N) is 1. The molecule has 9 heteroatoms. The molecule has 0 bridgehead atoms. The Morgan fingerprint density at radius 2 is 1.80 bits per heavy atom. The predicted octanol–water partition coefficient (Wildman–Crippen LogP) is 3.50. The second-order valence-electron chi connectivity index (χ2n) is 7.62. The largest absolute Gasteiger partial charge is 0.507 e. The highest BCUT2D eigenvalue weighted by Gasteiger charge is 2.31. The lowest BCUT2D eigenvalue weighted by Crippen LogP contribution is -2.46. The molecule has 2 heterocycles. The summed E-state index contributed by atoms with van der Waals surface area (Å²) in [5.41, 5.74) is -0.464. The third-order valence-electron chi connectivity index (χ3n) is 5.22. The van der Waals surface area contributed by atoms with Crippen LogP contribution < -0.4 is 5.32 Å². The molecule has 1 aliphatic heterocycles. The van der Waals surface area contributed by atoms with E-state index in [2.05, 4.69) is 15.5 Å². The number of aromatic nitrogens is 2. The van der Waals surface area contributed by atoms with Gasteiger partial charge in [-0.05, 0) is 31.7 Å². The first kappa shape index (κ1) is 20.4. The van der Waals surface area contributed by atoms with Crippen molar-refractivity contribution in [2.75, 3.05) is 25.5 Å². The van der Waals surface area contributed by atoms with Crippen molar-refractivity contribution < 1.29 is 23.4 Å². The van der Waals surface area contributed by atoms with Crippen LogP contribution in [0.5, 0.6) is 5.75 Å². The maximum Gasteiger partial charge on any atom is 0.416 e.